The normalized spacial score (nSPS) is 8.91. The van der Waals surface area contributed by atoms with Crippen LogP contribution in [0.25, 0.3) is 0 Å². The van der Waals surface area contributed by atoms with Gasteiger partial charge in [-0.1, -0.05) is 0 Å². The summed E-state index contributed by atoms with van der Waals surface area (Å²) in [6.07, 6.45) is 0.230. The number of rotatable bonds is 4. The molecule has 0 atom stereocenters. The molecule has 0 aliphatic rings. The number of amides is 2. The summed E-state index contributed by atoms with van der Waals surface area (Å²) in [5.41, 5.74) is 2.13. The maximum Gasteiger partial charge on any atom is 0.245 e. The summed E-state index contributed by atoms with van der Waals surface area (Å²) in [7, 11) is 1.36. The molecule has 0 spiro atoms. The van der Waals surface area contributed by atoms with Gasteiger partial charge in [-0.05, 0) is 0 Å². The van der Waals surface area contributed by atoms with Crippen LogP contribution in [-0.4, -0.2) is 25.5 Å². The quantitative estimate of drug-likeness (QED) is 0.528. The Morgan fingerprint density at radius 3 is 2.55 bits per heavy atom. The van der Waals surface area contributed by atoms with Gasteiger partial charge in [-0.2, -0.15) is 0 Å². The highest BCUT2D eigenvalue weighted by molar-refractivity contribution is 5.77. The number of nitrogens with one attached hydrogen (secondary N) is 2. The summed E-state index contributed by atoms with van der Waals surface area (Å²) in [6.45, 7) is 1.73. The fourth-order valence-electron chi connectivity index (χ4n) is 0.517. The number of carbonyl (C=O) groups is 2. The second-order valence-electron chi connectivity index (χ2n) is 1.96. The van der Waals surface area contributed by atoms with E-state index in [0.29, 0.717) is 6.54 Å². The Bertz CT molecular complexity index is 147. The van der Waals surface area contributed by atoms with Gasteiger partial charge in [0, 0.05) is 19.9 Å². The highest BCUT2D eigenvalue weighted by Crippen LogP contribution is 1.76. The highest BCUT2D eigenvalue weighted by Gasteiger charge is 1.98. The maximum atomic E-state index is 10.6. The molecule has 5 heteroatoms. The molecule has 5 nitrogen and oxygen atoms in total. The Hall–Kier alpha value is -1.10. The van der Waals surface area contributed by atoms with E-state index in [1.54, 1.807) is 0 Å². The first kappa shape index (κ1) is 9.90. The van der Waals surface area contributed by atoms with Crippen molar-refractivity contribution in [2.24, 2.45) is 0 Å². The van der Waals surface area contributed by atoms with Gasteiger partial charge in [0.05, 0.1) is 7.11 Å². The van der Waals surface area contributed by atoms with E-state index >= 15 is 0 Å². The van der Waals surface area contributed by atoms with Crippen molar-refractivity contribution in [1.82, 2.24) is 10.8 Å². The van der Waals surface area contributed by atoms with E-state index < -0.39 is 0 Å². The van der Waals surface area contributed by atoms with Crippen LogP contribution in [0.1, 0.15) is 13.3 Å². The molecule has 0 aliphatic carbocycles. The summed E-state index contributed by atoms with van der Waals surface area (Å²) in [6, 6.07) is 0. The molecular weight excluding hydrogens is 148 g/mol. The van der Waals surface area contributed by atoms with E-state index in [0.717, 1.165) is 0 Å². The molecule has 0 aromatic carbocycles. The van der Waals surface area contributed by atoms with Crippen LogP contribution < -0.4 is 10.8 Å². The largest absolute Gasteiger partial charge is 0.356 e. The molecule has 0 aromatic rings. The minimum Gasteiger partial charge on any atom is -0.356 e. The Kier molecular flexibility index (Phi) is 5.10. The van der Waals surface area contributed by atoms with Crippen LogP contribution in [0.4, 0.5) is 0 Å². The molecule has 2 amide bonds. The summed E-state index contributed by atoms with van der Waals surface area (Å²) >= 11 is 0. The molecule has 0 radical (unpaired) electrons. The highest BCUT2D eigenvalue weighted by atomic mass is 16.6. The van der Waals surface area contributed by atoms with Crippen molar-refractivity contribution in [3.63, 3.8) is 0 Å². The zero-order valence-electron chi connectivity index (χ0n) is 6.64. The predicted molar refractivity (Wildman–Crippen MR) is 38.5 cm³/mol. The van der Waals surface area contributed by atoms with Crippen molar-refractivity contribution in [3.8, 4) is 0 Å². The van der Waals surface area contributed by atoms with Gasteiger partial charge in [0.1, 0.15) is 0 Å². The fourth-order valence-corrected chi connectivity index (χ4v) is 0.517. The number of hydrogen-bond donors (Lipinski definition) is 2. The molecule has 0 heterocycles. The van der Waals surface area contributed by atoms with Crippen LogP contribution in [-0.2, 0) is 14.4 Å². The second kappa shape index (κ2) is 5.67. The second-order valence-corrected chi connectivity index (χ2v) is 1.96. The van der Waals surface area contributed by atoms with Crippen LogP contribution >= 0.6 is 0 Å². The van der Waals surface area contributed by atoms with Crippen LogP contribution in [0.5, 0.6) is 0 Å². The molecular formula is C6H12N2O3. The van der Waals surface area contributed by atoms with Crippen LogP contribution in [0.2, 0.25) is 0 Å². The Labute approximate surface area is 65.1 Å². The zero-order valence-corrected chi connectivity index (χ0v) is 6.64. The van der Waals surface area contributed by atoms with Gasteiger partial charge in [0.15, 0.2) is 0 Å². The van der Waals surface area contributed by atoms with E-state index in [4.69, 9.17) is 0 Å². The van der Waals surface area contributed by atoms with Gasteiger partial charge in [-0.15, -0.1) is 0 Å². The lowest BCUT2D eigenvalue weighted by Gasteiger charge is -2.01. The summed E-state index contributed by atoms with van der Waals surface area (Å²) in [5.74, 6) is -0.392. The number of hydrogen-bond acceptors (Lipinski definition) is 3. The molecule has 2 N–H and O–H groups in total. The average Bonchev–Trinajstić information content (AvgIpc) is 1.87. The topological polar surface area (TPSA) is 67.4 Å². The Morgan fingerprint density at radius 2 is 2.09 bits per heavy atom. The van der Waals surface area contributed by atoms with Crippen molar-refractivity contribution in [2.45, 2.75) is 13.3 Å². The maximum absolute atomic E-state index is 10.6. The van der Waals surface area contributed by atoms with E-state index in [-0.39, 0.29) is 18.2 Å². The molecule has 0 unspecified atom stereocenters. The first-order valence-corrected chi connectivity index (χ1v) is 3.23. The zero-order chi connectivity index (χ0) is 8.69. The van der Waals surface area contributed by atoms with Crippen LogP contribution in [0.3, 0.4) is 0 Å². The van der Waals surface area contributed by atoms with Gasteiger partial charge >= 0.3 is 0 Å². The van der Waals surface area contributed by atoms with Crippen LogP contribution in [0.15, 0.2) is 0 Å². The van der Waals surface area contributed by atoms with E-state index in [9.17, 15) is 9.59 Å². The van der Waals surface area contributed by atoms with Gasteiger partial charge < -0.3 is 5.32 Å². The summed E-state index contributed by atoms with van der Waals surface area (Å²) < 4.78 is 0. The van der Waals surface area contributed by atoms with Gasteiger partial charge in [0.2, 0.25) is 11.8 Å². The minimum absolute atomic E-state index is 0.143. The monoisotopic (exact) mass is 160 g/mol. The number of carbonyl (C=O) groups excluding carboxylic acids is 2. The lowest BCUT2D eigenvalue weighted by atomic mass is 10.4. The molecule has 0 bridgehead atoms. The third-order valence-corrected chi connectivity index (χ3v) is 0.942. The van der Waals surface area contributed by atoms with Crippen molar-refractivity contribution >= 4 is 11.8 Å². The predicted octanol–water partition coefficient (Wildman–Crippen LogP) is -0.810. The first-order chi connectivity index (χ1) is 5.16. The molecule has 0 aromatic heterocycles. The fraction of sp³-hybridized carbons (Fsp3) is 0.667. The van der Waals surface area contributed by atoms with E-state index in [1.807, 2.05) is 0 Å². The van der Waals surface area contributed by atoms with Crippen molar-refractivity contribution in [1.29, 1.82) is 0 Å². The molecule has 0 fully saturated rings. The van der Waals surface area contributed by atoms with Crippen molar-refractivity contribution in [3.05, 3.63) is 0 Å². The molecule has 0 aliphatic heterocycles. The number of hydroxylamine groups is 1. The van der Waals surface area contributed by atoms with Gasteiger partial charge in [-0.25, -0.2) is 5.48 Å². The summed E-state index contributed by atoms with van der Waals surface area (Å²) in [4.78, 5) is 25.3. The Balaban J connectivity index is 3.24. The first-order valence-electron chi connectivity index (χ1n) is 3.23. The molecule has 0 saturated heterocycles. The summed E-state index contributed by atoms with van der Waals surface area (Å²) in [5, 5.41) is 2.48. The van der Waals surface area contributed by atoms with E-state index in [2.05, 4.69) is 15.6 Å². The van der Waals surface area contributed by atoms with Crippen molar-refractivity contribution < 1.29 is 14.4 Å². The third kappa shape index (κ3) is 6.79. The Morgan fingerprint density at radius 1 is 1.45 bits per heavy atom. The SMILES string of the molecule is CONC(=O)CCNC(C)=O. The minimum atomic E-state index is -0.249. The lowest BCUT2D eigenvalue weighted by molar-refractivity contribution is -0.131. The molecule has 0 rings (SSSR count). The van der Waals surface area contributed by atoms with Crippen LogP contribution in [0, 0.1) is 0 Å². The molecule has 0 saturated carbocycles. The van der Waals surface area contributed by atoms with Gasteiger partial charge in [-0.3, -0.25) is 14.4 Å². The van der Waals surface area contributed by atoms with Gasteiger partial charge in [0.25, 0.3) is 0 Å². The standard InChI is InChI=1S/C6H12N2O3/c1-5(9)7-4-3-6(10)8-11-2/h3-4H2,1-2H3,(H,7,9)(H,8,10). The third-order valence-electron chi connectivity index (χ3n) is 0.942. The smallest absolute Gasteiger partial charge is 0.245 e. The lowest BCUT2D eigenvalue weighted by Crippen LogP contribution is -2.28. The van der Waals surface area contributed by atoms with Crippen molar-refractivity contribution in [2.75, 3.05) is 13.7 Å². The average molecular weight is 160 g/mol. The molecule has 64 valence electrons. The molecule has 11 heavy (non-hydrogen) atoms. The van der Waals surface area contributed by atoms with E-state index in [1.165, 1.54) is 14.0 Å².